The summed E-state index contributed by atoms with van der Waals surface area (Å²) in [7, 11) is 0. The lowest BCUT2D eigenvalue weighted by Gasteiger charge is -2.18. The molecule has 3 rings (SSSR count). The van der Waals surface area contributed by atoms with Crippen molar-refractivity contribution in [2.24, 2.45) is 0 Å². The number of rotatable bonds is 6. The number of nitrogens with one attached hydrogen (secondary N) is 1. The van der Waals surface area contributed by atoms with Gasteiger partial charge in [-0.15, -0.1) is 11.3 Å². The lowest BCUT2D eigenvalue weighted by Crippen LogP contribution is -2.32. The largest absolute Gasteiger partial charge is 0.469 e. The third-order valence-corrected chi connectivity index (χ3v) is 4.62. The highest BCUT2D eigenvalue weighted by Crippen LogP contribution is 2.25. The van der Waals surface area contributed by atoms with E-state index in [1.165, 1.54) is 12.3 Å². The lowest BCUT2D eigenvalue weighted by molar-refractivity contribution is -0.124. The predicted octanol–water partition coefficient (Wildman–Crippen LogP) is 3.71. The first-order valence-electron chi connectivity index (χ1n) is 7.74. The zero-order valence-corrected chi connectivity index (χ0v) is 14.4. The Kier molecular flexibility index (Phi) is 5.30. The number of hydrogen-bond acceptors (Lipinski definition) is 5. The van der Waals surface area contributed by atoms with Crippen LogP contribution in [0.3, 0.4) is 0 Å². The van der Waals surface area contributed by atoms with Gasteiger partial charge in [0, 0.05) is 4.88 Å². The van der Waals surface area contributed by atoms with Gasteiger partial charge in [0.2, 0.25) is 0 Å². The number of ether oxygens (including phenoxy) is 1. The van der Waals surface area contributed by atoms with Crippen LogP contribution in [0.25, 0.3) is 0 Å². The summed E-state index contributed by atoms with van der Waals surface area (Å²) in [6, 6.07) is 14.8. The van der Waals surface area contributed by atoms with E-state index in [0.29, 0.717) is 11.3 Å². The molecule has 0 aliphatic heterocycles. The molecule has 0 saturated heterocycles. The van der Waals surface area contributed by atoms with Gasteiger partial charge in [-0.2, -0.15) is 0 Å². The van der Waals surface area contributed by atoms with Gasteiger partial charge in [0.1, 0.15) is 11.3 Å². The van der Waals surface area contributed by atoms with Crippen LogP contribution in [0.4, 0.5) is 0 Å². The van der Waals surface area contributed by atoms with Crippen LogP contribution in [0.5, 0.6) is 0 Å². The number of esters is 1. The van der Waals surface area contributed by atoms with Crippen LogP contribution in [-0.2, 0) is 9.53 Å². The van der Waals surface area contributed by atoms with Crippen molar-refractivity contribution >= 4 is 23.2 Å². The Morgan fingerprint density at radius 2 is 1.96 bits per heavy atom. The zero-order chi connectivity index (χ0) is 17.6. The van der Waals surface area contributed by atoms with Gasteiger partial charge in [0.15, 0.2) is 6.61 Å². The van der Waals surface area contributed by atoms with Crippen molar-refractivity contribution in [1.29, 1.82) is 0 Å². The number of aryl methyl sites for hydroxylation is 1. The molecule has 1 atom stereocenters. The molecular weight excluding hydrogens is 338 g/mol. The summed E-state index contributed by atoms with van der Waals surface area (Å²) in [5, 5.41) is 4.88. The van der Waals surface area contributed by atoms with E-state index in [4.69, 9.17) is 9.15 Å². The third kappa shape index (κ3) is 4.16. The normalized spacial score (nSPS) is 11.7. The molecule has 2 aromatic heterocycles. The smallest absolute Gasteiger partial charge is 0.342 e. The average Bonchev–Trinajstić information content (AvgIpc) is 3.30. The topological polar surface area (TPSA) is 68.5 Å². The molecule has 0 radical (unpaired) electrons. The highest BCUT2D eigenvalue weighted by Gasteiger charge is 2.19. The van der Waals surface area contributed by atoms with E-state index in [1.54, 1.807) is 18.3 Å². The van der Waals surface area contributed by atoms with Gasteiger partial charge < -0.3 is 14.5 Å². The lowest BCUT2D eigenvalue weighted by atomic mass is 10.1. The van der Waals surface area contributed by atoms with Gasteiger partial charge in [-0.25, -0.2) is 4.79 Å². The highest BCUT2D eigenvalue weighted by molar-refractivity contribution is 7.10. The van der Waals surface area contributed by atoms with Crippen molar-refractivity contribution in [3.8, 4) is 0 Å². The Hall–Kier alpha value is -2.86. The van der Waals surface area contributed by atoms with Crippen molar-refractivity contribution in [2.45, 2.75) is 13.0 Å². The molecular formula is C19H17NO4S. The Morgan fingerprint density at radius 3 is 2.60 bits per heavy atom. The predicted molar refractivity (Wildman–Crippen MR) is 94.5 cm³/mol. The first-order valence-corrected chi connectivity index (χ1v) is 8.62. The van der Waals surface area contributed by atoms with Gasteiger partial charge in [0.05, 0.1) is 12.3 Å². The van der Waals surface area contributed by atoms with Gasteiger partial charge in [0.25, 0.3) is 5.91 Å². The van der Waals surface area contributed by atoms with E-state index in [-0.39, 0.29) is 18.6 Å². The van der Waals surface area contributed by atoms with E-state index in [9.17, 15) is 9.59 Å². The molecule has 0 fully saturated rings. The number of carbonyl (C=O) groups excluding carboxylic acids is 2. The number of thiophene rings is 1. The SMILES string of the molecule is Cc1occc1C(=O)OCC(=O)N[C@H](c1ccccc1)c1cccs1. The van der Waals surface area contributed by atoms with Gasteiger partial charge >= 0.3 is 5.97 Å². The Morgan fingerprint density at radius 1 is 1.16 bits per heavy atom. The maximum atomic E-state index is 12.3. The summed E-state index contributed by atoms with van der Waals surface area (Å²) in [5.41, 5.74) is 1.29. The Labute approximate surface area is 149 Å². The quantitative estimate of drug-likeness (QED) is 0.685. The van der Waals surface area contributed by atoms with Crippen molar-refractivity contribution in [1.82, 2.24) is 5.32 Å². The van der Waals surface area contributed by atoms with E-state index >= 15 is 0 Å². The molecule has 5 nitrogen and oxygen atoms in total. The second kappa shape index (κ2) is 7.81. The second-order valence-corrected chi connectivity index (χ2v) is 6.37. The fourth-order valence-electron chi connectivity index (χ4n) is 2.43. The molecule has 0 bridgehead atoms. The molecule has 1 aromatic carbocycles. The fourth-order valence-corrected chi connectivity index (χ4v) is 3.23. The van der Waals surface area contributed by atoms with E-state index in [0.717, 1.165) is 10.4 Å². The van der Waals surface area contributed by atoms with Crippen LogP contribution in [-0.4, -0.2) is 18.5 Å². The fraction of sp³-hybridized carbons (Fsp3) is 0.158. The summed E-state index contributed by atoms with van der Waals surface area (Å²) in [6.45, 7) is 1.32. The molecule has 6 heteroatoms. The molecule has 2 heterocycles. The Balaban J connectivity index is 1.65. The van der Waals surface area contributed by atoms with Crippen LogP contribution in [0.1, 0.15) is 32.6 Å². The molecule has 1 amide bonds. The molecule has 1 N–H and O–H groups in total. The maximum Gasteiger partial charge on any atom is 0.342 e. The summed E-state index contributed by atoms with van der Waals surface area (Å²) >= 11 is 1.56. The van der Waals surface area contributed by atoms with Crippen LogP contribution in [0, 0.1) is 6.92 Å². The van der Waals surface area contributed by atoms with Crippen molar-refractivity contribution in [3.05, 3.63) is 81.9 Å². The second-order valence-electron chi connectivity index (χ2n) is 5.39. The minimum atomic E-state index is -0.575. The standard InChI is InChI=1S/C19H17NO4S/c1-13-15(9-10-23-13)19(22)24-12-17(21)20-18(16-8-5-11-25-16)14-6-3-2-4-7-14/h2-11,18H,12H2,1H3,(H,20,21)/t18-/m1/s1. The van der Waals surface area contributed by atoms with Crippen LogP contribution >= 0.6 is 11.3 Å². The molecule has 0 aliphatic rings. The van der Waals surface area contributed by atoms with Crippen molar-refractivity contribution in [2.75, 3.05) is 6.61 Å². The minimum Gasteiger partial charge on any atom is -0.469 e. The molecule has 0 saturated carbocycles. The number of furan rings is 1. The maximum absolute atomic E-state index is 12.3. The Bertz CT molecular complexity index is 839. The number of benzene rings is 1. The number of amides is 1. The summed E-state index contributed by atoms with van der Waals surface area (Å²) in [6.07, 6.45) is 1.41. The molecule has 0 unspecified atom stereocenters. The number of hydrogen-bond donors (Lipinski definition) is 1. The monoisotopic (exact) mass is 355 g/mol. The summed E-state index contributed by atoms with van der Waals surface area (Å²) in [4.78, 5) is 25.2. The van der Waals surface area contributed by atoms with Gasteiger partial charge in [-0.05, 0) is 30.0 Å². The van der Waals surface area contributed by atoms with Gasteiger partial charge in [-0.1, -0.05) is 36.4 Å². The van der Waals surface area contributed by atoms with E-state index < -0.39 is 5.97 Å². The third-order valence-electron chi connectivity index (χ3n) is 3.68. The van der Waals surface area contributed by atoms with E-state index in [1.807, 2.05) is 47.8 Å². The van der Waals surface area contributed by atoms with Gasteiger partial charge in [-0.3, -0.25) is 4.79 Å². The molecule has 3 aromatic rings. The van der Waals surface area contributed by atoms with Crippen molar-refractivity contribution in [3.63, 3.8) is 0 Å². The summed E-state index contributed by atoms with van der Waals surface area (Å²) < 4.78 is 10.1. The van der Waals surface area contributed by atoms with E-state index in [2.05, 4.69) is 5.32 Å². The highest BCUT2D eigenvalue weighted by atomic mass is 32.1. The summed E-state index contributed by atoms with van der Waals surface area (Å²) in [5.74, 6) is -0.475. The van der Waals surface area contributed by atoms with Crippen molar-refractivity contribution < 1.29 is 18.7 Å². The first kappa shape index (κ1) is 17.0. The molecule has 128 valence electrons. The van der Waals surface area contributed by atoms with Crippen LogP contribution < -0.4 is 5.32 Å². The first-order chi connectivity index (χ1) is 12.1. The van der Waals surface area contributed by atoms with Crippen LogP contribution in [0.2, 0.25) is 0 Å². The average molecular weight is 355 g/mol. The minimum absolute atomic E-state index is 0.275. The zero-order valence-electron chi connectivity index (χ0n) is 13.6. The number of carbonyl (C=O) groups is 2. The van der Waals surface area contributed by atoms with Crippen LogP contribution in [0.15, 0.2) is 64.6 Å². The molecule has 0 spiro atoms. The molecule has 0 aliphatic carbocycles. The molecule has 25 heavy (non-hydrogen) atoms.